The van der Waals surface area contributed by atoms with Crippen LogP contribution < -0.4 is 0 Å². The zero-order chi connectivity index (χ0) is 12.8. The van der Waals surface area contributed by atoms with Crippen molar-refractivity contribution in [1.29, 1.82) is 0 Å². The Morgan fingerprint density at radius 2 is 1.89 bits per heavy atom. The van der Waals surface area contributed by atoms with E-state index >= 15 is 0 Å². The Bertz CT molecular complexity index is 470. The van der Waals surface area contributed by atoms with Gasteiger partial charge in [0.05, 0.1) is 0 Å². The second-order valence-electron chi connectivity index (χ2n) is 4.66. The molecule has 0 saturated heterocycles. The quantitative estimate of drug-likeness (QED) is 0.703. The Hall–Kier alpha value is -1.15. The molecule has 0 amide bonds. The summed E-state index contributed by atoms with van der Waals surface area (Å²) in [4.78, 5) is 7.36. The fraction of sp³-hybridized carbons (Fsp3) is 0.438. The van der Waals surface area contributed by atoms with E-state index in [0.717, 1.165) is 12.8 Å². The molecule has 2 heteroatoms. The van der Waals surface area contributed by atoms with Crippen molar-refractivity contribution < 1.29 is 0 Å². The minimum absolute atomic E-state index is 1.08. The first-order valence-corrected chi connectivity index (χ1v) is 7.69. The van der Waals surface area contributed by atoms with Gasteiger partial charge in [-0.05, 0) is 37.5 Å². The summed E-state index contributed by atoms with van der Waals surface area (Å²) in [7, 11) is 0. The van der Waals surface area contributed by atoms with E-state index in [0.29, 0.717) is 0 Å². The lowest BCUT2D eigenvalue weighted by molar-refractivity contribution is 0.804. The molecule has 0 bridgehead atoms. The number of nitrogens with zero attached hydrogens (tertiary/aromatic N) is 1. The van der Waals surface area contributed by atoms with Crippen LogP contribution in [0.1, 0.15) is 43.7 Å². The summed E-state index contributed by atoms with van der Waals surface area (Å²) in [5.74, 6) is 0. The Morgan fingerprint density at radius 1 is 1.00 bits per heavy atom. The number of aromatic nitrogens is 1. The standard InChI is InChI=1S/C16H21NS/c1-3-5-7-15-10-11-16(18-15)13-8-9-14(6-4-2)17-12-13/h8-12H,3-7H2,1-2H3. The average Bonchev–Trinajstić information content (AvgIpc) is 2.86. The van der Waals surface area contributed by atoms with Crippen LogP contribution in [0.4, 0.5) is 0 Å². The van der Waals surface area contributed by atoms with Gasteiger partial charge in [-0.25, -0.2) is 0 Å². The number of unbranched alkanes of at least 4 members (excludes halogenated alkanes) is 1. The van der Waals surface area contributed by atoms with Crippen molar-refractivity contribution in [1.82, 2.24) is 4.98 Å². The van der Waals surface area contributed by atoms with Gasteiger partial charge in [0.15, 0.2) is 0 Å². The van der Waals surface area contributed by atoms with Crippen LogP contribution in [0, 0.1) is 0 Å². The molecule has 2 aromatic rings. The van der Waals surface area contributed by atoms with Gasteiger partial charge < -0.3 is 0 Å². The Labute approximate surface area is 114 Å². The zero-order valence-corrected chi connectivity index (χ0v) is 12.1. The monoisotopic (exact) mass is 259 g/mol. The van der Waals surface area contributed by atoms with Gasteiger partial charge in [0.25, 0.3) is 0 Å². The molecule has 0 radical (unpaired) electrons. The van der Waals surface area contributed by atoms with E-state index in [1.54, 1.807) is 0 Å². The van der Waals surface area contributed by atoms with Crippen LogP contribution in [0.25, 0.3) is 10.4 Å². The van der Waals surface area contributed by atoms with Crippen LogP contribution >= 0.6 is 11.3 Å². The molecule has 0 N–H and O–H groups in total. The van der Waals surface area contributed by atoms with Crippen LogP contribution in [0.2, 0.25) is 0 Å². The van der Waals surface area contributed by atoms with E-state index in [4.69, 9.17) is 0 Å². The minimum Gasteiger partial charge on any atom is -0.261 e. The normalized spacial score (nSPS) is 10.8. The summed E-state index contributed by atoms with van der Waals surface area (Å²) in [6.45, 7) is 4.43. The van der Waals surface area contributed by atoms with E-state index in [1.165, 1.54) is 40.3 Å². The second-order valence-corrected chi connectivity index (χ2v) is 5.83. The molecule has 0 aliphatic carbocycles. The first-order chi connectivity index (χ1) is 8.83. The lowest BCUT2D eigenvalue weighted by Crippen LogP contribution is -1.87. The maximum absolute atomic E-state index is 4.52. The van der Waals surface area contributed by atoms with Crippen molar-refractivity contribution >= 4 is 11.3 Å². The molecule has 0 aliphatic rings. The summed E-state index contributed by atoms with van der Waals surface area (Å²) >= 11 is 1.91. The first-order valence-electron chi connectivity index (χ1n) is 6.87. The highest BCUT2D eigenvalue weighted by Crippen LogP contribution is 2.28. The highest BCUT2D eigenvalue weighted by Gasteiger charge is 2.03. The fourth-order valence-corrected chi connectivity index (χ4v) is 3.03. The van der Waals surface area contributed by atoms with Crippen molar-refractivity contribution in [2.75, 3.05) is 0 Å². The Balaban J connectivity index is 2.08. The predicted octanol–water partition coefficient (Wildman–Crippen LogP) is 5.11. The average molecular weight is 259 g/mol. The first kappa shape index (κ1) is 13.3. The highest BCUT2D eigenvalue weighted by molar-refractivity contribution is 7.15. The van der Waals surface area contributed by atoms with Gasteiger partial charge in [-0.2, -0.15) is 0 Å². The van der Waals surface area contributed by atoms with E-state index in [9.17, 15) is 0 Å². The molecule has 0 aromatic carbocycles. The number of aryl methyl sites for hydroxylation is 2. The molecule has 1 nitrogen and oxygen atoms in total. The molecule has 0 saturated carbocycles. The van der Waals surface area contributed by atoms with Gasteiger partial charge in [-0.1, -0.05) is 32.8 Å². The topological polar surface area (TPSA) is 12.9 Å². The Morgan fingerprint density at radius 3 is 2.56 bits per heavy atom. The second kappa shape index (κ2) is 6.69. The SMILES string of the molecule is CCCCc1ccc(-c2ccc(CCC)nc2)s1. The zero-order valence-electron chi connectivity index (χ0n) is 11.3. The number of hydrogen-bond donors (Lipinski definition) is 0. The molecule has 2 aromatic heterocycles. The summed E-state index contributed by atoms with van der Waals surface area (Å²) in [5.41, 5.74) is 2.45. The van der Waals surface area contributed by atoms with Crippen LogP contribution in [0.3, 0.4) is 0 Å². The molecule has 2 rings (SSSR count). The molecular formula is C16H21NS. The van der Waals surface area contributed by atoms with Gasteiger partial charge in [0, 0.05) is 27.2 Å². The molecule has 0 aliphatic heterocycles. The summed E-state index contributed by atoms with van der Waals surface area (Å²) in [6.07, 6.45) is 8.01. The molecule has 96 valence electrons. The molecule has 0 unspecified atom stereocenters. The summed E-state index contributed by atoms with van der Waals surface area (Å²) in [5, 5.41) is 0. The summed E-state index contributed by atoms with van der Waals surface area (Å²) < 4.78 is 0. The van der Waals surface area contributed by atoms with E-state index in [2.05, 4.69) is 43.1 Å². The van der Waals surface area contributed by atoms with Crippen LogP contribution in [0.5, 0.6) is 0 Å². The van der Waals surface area contributed by atoms with E-state index in [-0.39, 0.29) is 0 Å². The third-order valence-corrected chi connectivity index (χ3v) is 4.25. The van der Waals surface area contributed by atoms with Gasteiger partial charge in [0.1, 0.15) is 0 Å². The van der Waals surface area contributed by atoms with Crippen molar-refractivity contribution in [3.63, 3.8) is 0 Å². The minimum atomic E-state index is 1.08. The smallest absolute Gasteiger partial charge is 0.0403 e. The molecule has 0 fully saturated rings. The molecule has 18 heavy (non-hydrogen) atoms. The molecular weight excluding hydrogens is 238 g/mol. The van der Waals surface area contributed by atoms with Crippen LogP contribution in [0.15, 0.2) is 30.5 Å². The number of rotatable bonds is 6. The lowest BCUT2D eigenvalue weighted by Gasteiger charge is -2.00. The van der Waals surface area contributed by atoms with Gasteiger partial charge in [-0.3, -0.25) is 4.98 Å². The summed E-state index contributed by atoms with van der Waals surface area (Å²) in [6, 6.07) is 8.85. The lowest BCUT2D eigenvalue weighted by atomic mass is 10.2. The van der Waals surface area contributed by atoms with Crippen molar-refractivity contribution in [3.05, 3.63) is 41.0 Å². The maximum atomic E-state index is 4.52. The number of hydrogen-bond acceptors (Lipinski definition) is 2. The van der Waals surface area contributed by atoms with Gasteiger partial charge >= 0.3 is 0 Å². The fourth-order valence-electron chi connectivity index (χ4n) is 1.99. The van der Waals surface area contributed by atoms with Crippen molar-refractivity contribution in [3.8, 4) is 10.4 Å². The molecule has 0 spiro atoms. The number of pyridine rings is 1. The van der Waals surface area contributed by atoms with Crippen molar-refractivity contribution in [2.24, 2.45) is 0 Å². The third-order valence-electron chi connectivity index (χ3n) is 3.05. The van der Waals surface area contributed by atoms with Gasteiger partial charge in [-0.15, -0.1) is 11.3 Å². The van der Waals surface area contributed by atoms with Crippen molar-refractivity contribution in [2.45, 2.75) is 46.0 Å². The maximum Gasteiger partial charge on any atom is 0.0403 e. The van der Waals surface area contributed by atoms with Crippen LogP contribution in [-0.4, -0.2) is 4.98 Å². The molecule has 0 atom stereocenters. The van der Waals surface area contributed by atoms with Crippen LogP contribution in [-0.2, 0) is 12.8 Å². The number of thiophene rings is 1. The van der Waals surface area contributed by atoms with E-state index < -0.39 is 0 Å². The van der Waals surface area contributed by atoms with Gasteiger partial charge in [0.2, 0.25) is 0 Å². The predicted molar refractivity (Wildman–Crippen MR) is 80.2 cm³/mol. The third kappa shape index (κ3) is 3.42. The van der Waals surface area contributed by atoms with E-state index in [1.807, 2.05) is 17.5 Å². The Kier molecular flexibility index (Phi) is 4.94. The molecule has 2 heterocycles. The largest absolute Gasteiger partial charge is 0.261 e. The highest BCUT2D eigenvalue weighted by atomic mass is 32.1.